The summed E-state index contributed by atoms with van der Waals surface area (Å²) in [6.45, 7) is 1.85. The van der Waals surface area contributed by atoms with Gasteiger partial charge in [-0.25, -0.2) is 9.67 Å². The number of hydrogen-bond donors (Lipinski definition) is 0. The van der Waals surface area contributed by atoms with Gasteiger partial charge in [-0.1, -0.05) is 12.1 Å². The Bertz CT molecular complexity index is 502. The summed E-state index contributed by atoms with van der Waals surface area (Å²) >= 11 is 0. The van der Waals surface area contributed by atoms with E-state index in [2.05, 4.69) is 10.1 Å². The maximum absolute atomic E-state index is 12.3. The molecule has 6 heteroatoms. The Morgan fingerprint density at radius 1 is 1.25 bits per heavy atom. The summed E-state index contributed by atoms with van der Waals surface area (Å²) in [5, 5.41) is 3.37. The molecule has 0 aliphatic rings. The Labute approximate surface area is 89.5 Å². The number of rotatable bonds is 1. The number of halogens is 3. The number of nitrogens with zero attached hydrogens (tertiary/aromatic N) is 3. The van der Waals surface area contributed by atoms with E-state index in [0.717, 1.165) is 16.6 Å². The molecule has 2 rings (SSSR count). The molecule has 2 aromatic rings. The van der Waals surface area contributed by atoms with Crippen LogP contribution in [0.4, 0.5) is 13.2 Å². The minimum Gasteiger partial charge on any atom is -0.220 e. The molecule has 0 N–H and O–H groups in total. The van der Waals surface area contributed by atoms with Gasteiger partial charge < -0.3 is 0 Å². The van der Waals surface area contributed by atoms with Crippen molar-refractivity contribution in [3.8, 4) is 5.69 Å². The Balaban J connectivity index is 2.39. The maximum Gasteiger partial charge on any atom is 0.453 e. The second kappa shape index (κ2) is 3.62. The fourth-order valence-corrected chi connectivity index (χ4v) is 1.29. The number of alkyl halides is 3. The number of hydrogen-bond acceptors (Lipinski definition) is 2. The quantitative estimate of drug-likeness (QED) is 0.749. The molecule has 1 aromatic carbocycles. The molecule has 0 fully saturated rings. The highest BCUT2D eigenvalue weighted by atomic mass is 19.4. The minimum atomic E-state index is -4.50. The number of benzene rings is 1. The van der Waals surface area contributed by atoms with Gasteiger partial charge in [0.05, 0.1) is 5.69 Å². The van der Waals surface area contributed by atoms with Crippen LogP contribution in [0.3, 0.4) is 0 Å². The predicted octanol–water partition coefficient (Wildman–Crippen LogP) is 2.59. The van der Waals surface area contributed by atoms with E-state index >= 15 is 0 Å². The summed E-state index contributed by atoms with van der Waals surface area (Å²) in [7, 11) is 0. The lowest BCUT2D eigenvalue weighted by atomic mass is 10.2. The predicted molar refractivity (Wildman–Crippen MR) is 51.1 cm³/mol. The Morgan fingerprint density at radius 2 is 2.00 bits per heavy atom. The summed E-state index contributed by atoms with van der Waals surface area (Å²) in [6, 6.07) is 7.00. The van der Waals surface area contributed by atoms with E-state index in [-0.39, 0.29) is 0 Å². The van der Waals surface area contributed by atoms with E-state index in [9.17, 15) is 13.2 Å². The molecule has 0 spiro atoms. The zero-order chi connectivity index (χ0) is 11.8. The van der Waals surface area contributed by atoms with Crippen LogP contribution in [0, 0.1) is 6.92 Å². The first kappa shape index (κ1) is 10.7. The van der Waals surface area contributed by atoms with Gasteiger partial charge in [0.15, 0.2) is 0 Å². The molecule has 0 saturated carbocycles. The standard InChI is InChI=1S/C10H8F3N3/c1-7-3-2-4-8(5-7)16-6-14-9(15-16)10(11,12)13/h2-6H,1H3. The van der Waals surface area contributed by atoms with Gasteiger partial charge in [-0.3, -0.25) is 0 Å². The van der Waals surface area contributed by atoms with Crippen molar-refractivity contribution in [1.29, 1.82) is 0 Å². The molecule has 16 heavy (non-hydrogen) atoms. The van der Waals surface area contributed by atoms with Gasteiger partial charge in [0.25, 0.3) is 5.82 Å². The Morgan fingerprint density at radius 3 is 2.56 bits per heavy atom. The molecule has 0 atom stereocenters. The molecule has 0 radical (unpaired) electrons. The van der Waals surface area contributed by atoms with Crippen LogP contribution in [-0.4, -0.2) is 14.8 Å². The maximum atomic E-state index is 12.3. The van der Waals surface area contributed by atoms with Crippen molar-refractivity contribution in [3.05, 3.63) is 42.0 Å². The first-order valence-corrected chi connectivity index (χ1v) is 4.53. The fraction of sp³-hybridized carbons (Fsp3) is 0.200. The lowest BCUT2D eigenvalue weighted by Crippen LogP contribution is -2.08. The van der Waals surface area contributed by atoms with Crippen LogP contribution >= 0.6 is 0 Å². The molecule has 0 aliphatic carbocycles. The largest absolute Gasteiger partial charge is 0.453 e. The monoisotopic (exact) mass is 227 g/mol. The van der Waals surface area contributed by atoms with Crippen molar-refractivity contribution < 1.29 is 13.2 Å². The summed E-state index contributed by atoms with van der Waals surface area (Å²) < 4.78 is 37.9. The molecule has 3 nitrogen and oxygen atoms in total. The van der Waals surface area contributed by atoms with Gasteiger partial charge in [-0.05, 0) is 24.6 Å². The molecule has 0 bridgehead atoms. The molecule has 0 amide bonds. The lowest BCUT2D eigenvalue weighted by molar-refractivity contribution is -0.144. The average Bonchev–Trinajstić information content (AvgIpc) is 2.65. The van der Waals surface area contributed by atoms with Gasteiger partial charge in [0, 0.05) is 0 Å². The number of aryl methyl sites for hydroxylation is 1. The Hall–Kier alpha value is -1.85. The van der Waals surface area contributed by atoms with Crippen molar-refractivity contribution in [3.63, 3.8) is 0 Å². The van der Waals surface area contributed by atoms with Crippen molar-refractivity contribution in [2.24, 2.45) is 0 Å². The van der Waals surface area contributed by atoms with Gasteiger partial charge in [-0.2, -0.15) is 13.2 Å². The summed E-state index contributed by atoms with van der Waals surface area (Å²) in [4.78, 5) is 3.22. The van der Waals surface area contributed by atoms with Crippen LogP contribution < -0.4 is 0 Å². The molecular formula is C10H8F3N3. The van der Waals surface area contributed by atoms with E-state index in [1.165, 1.54) is 0 Å². The van der Waals surface area contributed by atoms with E-state index in [0.29, 0.717) is 5.69 Å². The lowest BCUT2D eigenvalue weighted by Gasteiger charge is -2.01. The van der Waals surface area contributed by atoms with E-state index in [4.69, 9.17) is 0 Å². The summed E-state index contributed by atoms with van der Waals surface area (Å²) in [6.07, 6.45) is -3.45. The molecular weight excluding hydrogens is 219 g/mol. The zero-order valence-corrected chi connectivity index (χ0v) is 8.36. The van der Waals surface area contributed by atoms with Gasteiger partial charge in [0.2, 0.25) is 0 Å². The molecule has 0 saturated heterocycles. The highest BCUT2D eigenvalue weighted by Crippen LogP contribution is 2.25. The zero-order valence-electron chi connectivity index (χ0n) is 8.36. The number of aromatic nitrogens is 3. The summed E-state index contributed by atoms with van der Waals surface area (Å²) in [5.41, 5.74) is 1.50. The molecule has 84 valence electrons. The molecule has 0 unspecified atom stereocenters. The van der Waals surface area contributed by atoms with Gasteiger partial charge in [0.1, 0.15) is 6.33 Å². The topological polar surface area (TPSA) is 30.7 Å². The molecule has 1 heterocycles. The van der Waals surface area contributed by atoms with Crippen molar-refractivity contribution in [2.45, 2.75) is 13.1 Å². The van der Waals surface area contributed by atoms with Crippen LogP contribution in [-0.2, 0) is 6.18 Å². The van der Waals surface area contributed by atoms with Gasteiger partial charge in [-0.15, -0.1) is 5.10 Å². The normalized spacial score (nSPS) is 11.8. The fourth-order valence-electron chi connectivity index (χ4n) is 1.29. The SMILES string of the molecule is Cc1cccc(-n2cnc(C(F)(F)F)n2)c1. The third kappa shape index (κ3) is 2.05. The highest BCUT2D eigenvalue weighted by Gasteiger charge is 2.35. The average molecular weight is 227 g/mol. The Kier molecular flexibility index (Phi) is 2.41. The third-order valence-electron chi connectivity index (χ3n) is 2.01. The van der Waals surface area contributed by atoms with Crippen LogP contribution in [0.25, 0.3) is 5.69 Å². The van der Waals surface area contributed by atoms with E-state index in [1.807, 2.05) is 13.0 Å². The molecule has 1 aromatic heterocycles. The van der Waals surface area contributed by atoms with E-state index in [1.54, 1.807) is 18.2 Å². The highest BCUT2D eigenvalue weighted by molar-refractivity contribution is 5.34. The molecule has 0 aliphatic heterocycles. The summed E-state index contributed by atoms with van der Waals surface area (Å²) in [5.74, 6) is -1.13. The van der Waals surface area contributed by atoms with Crippen LogP contribution in [0.5, 0.6) is 0 Å². The second-order valence-corrected chi connectivity index (χ2v) is 3.35. The van der Waals surface area contributed by atoms with Crippen LogP contribution in [0.1, 0.15) is 11.4 Å². The second-order valence-electron chi connectivity index (χ2n) is 3.35. The van der Waals surface area contributed by atoms with E-state index < -0.39 is 12.0 Å². The van der Waals surface area contributed by atoms with Crippen molar-refractivity contribution in [1.82, 2.24) is 14.8 Å². The van der Waals surface area contributed by atoms with Crippen molar-refractivity contribution in [2.75, 3.05) is 0 Å². The smallest absolute Gasteiger partial charge is 0.220 e. The van der Waals surface area contributed by atoms with Crippen LogP contribution in [0.2, 0.25) is 0 Å². The minimum absolute atomic E-state index is 0.558. The first-order chi connectivity index (χ1) is 7.47. The third-order valence-corrected chi connectivity index (χ3v) is 2.01. The van der Waals surface area contributed by atoms with Crippen molar-refractivity contribution >= 4 is 0 Å². The van der Waals surface area contributed by atoms with Crippen LogP contribution in [0.15, 0.2) is 30.6 Å². The first-order valence-electron chi connectivity index (χ1n) is 4.53. The van der Waals surface area contributed by atoms with Gasteiger partial charge >= 0.3 is 6.18 Å².